The van der Waals surface area contributed by atoms with Crippen LogP contribution in [0.15, 0.2) is 35.2 Å². The molecule has 3 N–H and O–H groups in total. The molecule has 0 aromatic heterocycles. The largest absolute Gasteiger partial charge is 0.397 e. The fourth-order valence-electron chi connectivity index (χ4n) is 1.91. The molecule has 0 fully saturated rings. The zero-order valence-corrected chi connectivity index (χ0v) is 12.6. The van der Waals surface area contributed by atoms with Gasteiger partial charge < -0.3 is 5.73 Å². The van der Waals surface area contributed by atoms with E-state index in [0.717, 1.165) is 0 Å². The highest BCUT2D eigenvalue weighted by molar-refractivity contribution is 14.1. The minimum Gasteiger partial charge on any atom is -0.397 e. The maximum absolute atomic E-state index is 11.8. The van der Waals surface area contributed by atoms with E-state index < -0.39 is 15.0 Å². The van der Waals surface area contributed by atoms with Crippen molar-refractivity contribution in [1.82, 2.24) is 0 Å². The Morgan fingerprint density at radius 3 is 2.53 bits per heavy atom. The summed E-state index contributed by atoms with van der Waals surface area (Å²) in [5, 5.41) is 0.838. The number of hydrogen-bond acceptors (Lipinski definition) is 4. The highest BCUT2D eigenvalue weighted by atomic mass is 127. The van der Waals surface area contributed by atoms with E-state index in [0.29, 0.717) is 10.8 Å². The van der Waals surface area contributed by atoms with Gasteiger partial charge in [-0.3, -0.25) is 9.35 Å². The zero-order chi connectivity index (χ0) is 14.2. The van der Waals surface area contributed by atoms with Crippen LogP contribution in [0.1, 0.15) is 10.4 Å². The zero-order valence-electron chi connectivity index (χ0n) is 9.63. The Bertz CT molecular complexity index is 771. The van der Waals surface area contributed by atoms with Crippen LogP contribution in [0.2, 0.25) is 0 Å². The van der Waals surface area contributed by atoms with E-state index in [1.54, 1.807) is 24.3 Å². The average molecular weight is 391 g/mol. The van der Waals surface area contributed by atoms with E-state index in [2.05, 4.69) is 0 Å². The van der Waals surface area contributed by atoms with Crippen molar-refractivity contribution in [2.75, 3.05) is 10.2 Å². The first-order chi connectivity index (χ1) is 8.86. The number of rotatable bonds is 3. The molecule has 7 heteroatoms. The molecular formula is C12H10INO4S. The number of nitrogen functional groups attached to an aromatic ring is 1. The Balaban J connectivity index is 2.98. The van der Waals surface area contributed by atoms with E-state index in [4.69, 9.17) is 5.73 Å². The maximum atomic E-state index is 11.8. The molecule has 5 nitrogen and oxygen atoms in total. The fourth-order valence-corrected chi connectivity index (χ4v) is 3.17. The van der Waals surface area contributed by atoms with Gasteiger partial charge in [0.1, 0.15) is 4.90 Å². The molecule has 19 heavy (non-hydrogen) atoms. The molecule has 0 saturated carbocycles. The van der Waals surface area contributed by atoms with Gasteiger partial charge in [-0.25, -0.2) is 0 Å². The molecule has 2 aromatic carbocycles. The third kappa shape index (κ3) is 2.58. The molecule has 0 aliphatic carbocycles. The van der Waals surface area contributed by atoms with Crippen LogP contribution >= 0.6 is 22.6 Å². The number of nitrogens with two attached hydrogens (primary N) is 1. The lowest BCUT2D eigenvalue weighted by atomic mass is 10.0. The number of alkyl halides is 1. The second-order valence-corrected chi connectivity index (χ2v) is 6.04. The van der Waals surface area contributed by atoms with Crippen LogP contribution in [-0.2, 0) is 10.1 Å². The smallest absolute Gasteiger partial charge is 0.297 e. The summed E-state index contributed by atoms with van der Waals surface area (Å²) in [4.78, 5) is 11.4. The highest BCUT2D eigenvalue weighted by Gasteiger charge is 2.23. The lowest BCUT2D eigenvalue weighted by Gasteiger charge is -2.11. The molecule has 0 aliphatic heterocycles. The van der Waals surface area contributed by atoms with Crippen molar-refractivity contribution < 1.29 is 17.8 Å². The monoisotopic (exact) mass is 391 g/mol. The van der Waals surface area contributed by atoms with Gasteiger partial charge in [-0.1, -0.05) is 46.9 Å². The number of fused-ring (bicyclic) bond motifs is 1. The molecule has 0 unspecified atom stereocenters. The summed E-state index contributed by atoms with van der Waals surface area (Å²) < 4.78 is 32.5. The van der Waals surface area contributed by atoms with Gasteiger partial charge in [-0.2, -0.15) is 8.42 Å². The van der Waals surface area contributed by atoms with Gasteiger partial charge in [0.2, 0.25) is 0 Å². The lowest BCUT2D eigenvalue weighted by Crippen LogP contribution is -2.11. The Hall–Kier alpha value is -1.19. The summed E-state index contributed by atoms with van der Waals surface area (Å²) in [6.45, 7) is 0. The van der Waals surface area contributed by atoms with E-state index in [1.165, 1.54) is 6.07 Å². The molecule has 0 bridgehead atoms. The number of hydrogen-bond donors (Lipinski definition) is 2. The molecule has 0 radical (unpaired) electrons. The third-order valence-electron chi connectivity index (χ3n) is 2.72. The summed E-state index contributed by atoms with van der Waals surface area (Å²) >= 11 is 1.87. The Morgan fingerprint density at radius 1 is 1.32 bits per heavy atom. The normalized spacial score (nSPS) is 11.7. The van der Waals surface area contributed by atoms with E-state index in [1.807, 2.05) is 22.6 Å². The van der Waals surface area contributed by atoms with Crippen molar-refractivity contribution in [1.29, 1.82) is 0 Å². The number of anilines is 1. The molecule has 0 spiro atoms. The molecule has 2 rings (SSSR count). The summed E-state index contributed by atoms with van der Waals surface area (Å²) in [6, 6.07) is 8.09. The highest BCUT2D eigenvalue weighted by Crippen LogP contribution is 2.32. The Kier molecular flexibility index (Phi) is 3.79. The van der Waals surface area contributed by atoms with Crippen LogP contribution in [0.5, 0.6) is 0 Å². The topological polar surface area (TPSA) is 97.5 Å². The molecule has 0 amide bonds. The number of Topliss-reactive ketones (excluding diaryl/α,β-unsaturated/α-hetero) is 1. The predicted molar refractivity (Wildman–Crippen MR) is 81.4 cm³/mol. The van der Waals surface area contributed by atoms with Crippen molar-refractivity contribution in [3.8, 4) is 0 Å². The molecule has 0 atom stereocenters. The summed E-state index contributed by atoms with van der Waals surface area (Å²) in [5.74, 6) is -0.284. The fraction of sp³-hybridized carbons (Fsp3) is 0.0833. The molecule has 0 aliphatic rings. The number of carbonyl (C=O) groups excluding carboxylic acids is 1. The number of carbonyl (C=O) groups is 1. The van der Waals surface area contributed by atoms with E-state index >= 15 is 0 Å². The van der Waals surface area contributed by atoms with Crippen molar-refractivity contribution in [3.05, 3.63) is 35.9 Å². The van der Waals surface area contributed by atoms with Gasteiger partial charge in [0.15, 0.2) is 5.78 Å². The lowest BCUT2D eigenvalue weighted by molar-refractivity contribution is 0.102. The van der Waals surface area contributed by atoms with Crippen LogP contribution in [0, 0.1) is 0 Å². The molecule has 2 aromatic rings. The SMILES string of the molecule is Nc1c(C(=O)CI)cc2ccccc2c1S(=O)(=O)O. The number of ketones is 1. The van der Waals surface area contributed by atoms with Gasteiger partial charge in [0, 0.05) is 10.9 Å². The second-order valence-electron chi connectivity index (χ2n) is 3.92. The molecular weight excluding hydrogens is 381 g/mol. The third-order valence-corrected chi connectivity index (χ3v) is 4.37. The molecule has 100 valence electrons. The predicted octanol–water partition coefficient (Wildman–Crippen LogP) is 2.29. The quantitative estimate of drug-likeness (QED) is 0.275. The standard InChI is InChI=1S/C12H10INO4S/c13-6-10(15)9-5-7-3-1-2-4-8(7)12(11(9)14)19(16,17)18/h1-5H,6,14H2,(H,16,17,18). The van der Waals surface area contributed by atoms with Crippen LogP contribution in [-0.4, -0.2) is 23.2 Å². The minimum absolute atomic E-state index is 0.112. The molecule has 0 heterocycles. The molecule has 0 saturated heterocycles. The number of halogens is 1. The van der Waals surface area contributed by atoms with Crippen molar-refractivity contribution in [3.63, 3.8) is 0 Å². The maximum Gasteiger partial charge on any atom is 0.297 e. The van der Waals surface area contributed by atoms with Gasteiger partial charge in [-0.15, -0.1) is 0 Å². The van der Waals surface area contributed by atoms with Gasteiger partial charge in [-0.05, 0) is 11.5 Å². The first kappa shape index (κ1) is 14.2. The second kappa shape index (κ2) is 5.06. The van der Waals surface area contributed by atoms with Gasteiger partial charge in [0.05, 0.1) is 10.1 Å². The van der Waals surface area contributed by atoms with Crippen LogP contribution in [0.3, 0.4) is 0 Å². The van der Waals surface area contributed by atoms with Crippen LogP contribution < -0.4 is 5.73 Å². The summed E-state index contributed by atoms with van der Waals surface area (Å²) in [7, 11) is -4.50. The minimum atomic E-state index is -4.50. The first-order valence-corrected chi connectivity index (χ1v) is 8.20. The first-order valence-electron chi connectivity index (χ1n) is 5.24. The van der Waals surface area contributed by atoms with E-state index in [-0.39, 0.29) is 21.5 Å². The van der Waals surface area contributed by atoms with Crippen LogP contribution in [0.4, 0.5) is 5.69 Å². The van der Waals surface area contributed by atoms with Gasteiger partial charge in [0.25, 0.3) is 10.1 Å². The average Bonchev–Trinajstić information content (AvgIpc) is 2.35. The van der Waals surface area contributed by atoms with Crippen LogP contribution in [0.25, 0.3) is 10.8 Å². The van der Waals surface area contributed by atoms with Gasteiger partial charge >= 0.3 is 0 Å². The number of benzene rings is 2. The summed E-state index contributed by atoms with van der Waals surface area (Å²) in [5.41, 5.74) is 5.65. The Labute approximate surface area is 123 Å². The Morgan fingerprint density at radius 2 is 1.95 bits per heavy atom. The van der Waals surface area contributed by atoms with Crippen molar-refractivity contribution in [2.45, 2.75) is 4.90 Å². The van der Waals surface area contributed by atoms with Crippen molar-refractivity contribution in [2.24, 2.45) is 0 Å². The van der Waals surface area contributed by atoms with Crippen molar-refractivity contribution >= 4 is 55.0 Å². The van der Waals surface area contributed by atoms with E-state index in [9.17, 15) is 17.8 Å². The summed E-state index contributed by atoms with van der Waals surface area (Å²) in [6.07, 6.45) is 0.